The molecule has 3 heterocycles. The van der Waals surface area contributed by atoms with Gasteiger partial charge in [-0.15, -0.1) is 0 Å². The predicted octanol–water partition coefficient (Wildman–Crippen LogP) is -3.35. The summed E-state index contributed by atoms with van der Waals surface area (Å²) in [7, 11) is -3.60. The summed E-state index contributed by atoms with van der Waals surface area (Å²) in [4.78, 5) is 48.0. The molecular formula is C23H20F3N6Na2O5P. The van der Waals surface area contributed by atoms with Gasteiger partial charge in [0.15, 0.2) is 5.82 Å². The van der Waals surface area contributed by atoms with Crippen LogP contribution in [0.3, 0.4) is 0 Å². The first-order chi connectivity index (χ1) is 17.7. The summed E-state index contributed by atoms with van der Waals surface area (Å²) in [6.45, 7) is 2.67. The molecule has 3 aromatic heterocycles. The number of alkyl halides is 3. The maximum absolute atomic E-state index is 13.1. The van der Waals surface area contributed by atoms with E-state index in [9.17, 15) is 32.3 Å². The fraction of sp³-hybridized carbons (Fsp3) is 0.261. The number of aryl methyl sites for hydroxylation is 2. The van der Waals surface area contributed by atoms with Crippen molar-refractivity contribution in [3.8, 4) is 11.4 Å². The third kappa shape index (κ3) is 7.97. The van der Waals surface area contributed by atoms with Gasteiger partial charge in [-0.1, -0.05) is 0 Å². The van der Waals surface area contributed by atoms with Gasteiger partial charge in [0.05, 0.1) is 32.7 Å². The van der Waals surface area contributed by atoms with Crippen molar-refractivity contribution < 1.29 is 96.0 Å². The number of phosphoric acid groups is 1. The average molecular weight is 594 g/mol. The minimum Gasteiger partial charge on any atom is -0.790 e. The van der Waals surface area contributed by atoms with Crippen molar-refractivity contribution in [1.29, 1.82) is 0 Å². The van der Waals surface area contributed by atoms with Crippen LogP contribution in [0.15, 0.2) is 42.7 Å². The number of hydrogen-bond acceptors (Lipinski definition) is 9. The Morgan fingerprint density at radius 1 is 1.10 bits per heavy atom. The second-order valence-corrected chi connectivity index (χ2v) is 9.49. The number of benzene rings is 1. The number of rotatable bonds is 7. The minimum absolute atomic E-state index is 0. The van der Waals surface area contributed by atoms with Crippen LogP contribution in [0.5, 0.6) is 0 Å². The molecule has 40 heavy (non-hydrogen) atoms. The largest absolute Gasteiger partial charge is 1.00 e. The minimum atomic E-state index is -5.15. The number of phosphoric ester groups is 1. The molecular weight excluding hydrogens is 574 g/mol. The summed E-state index contributed by atoms with van der Waals surface area (Å²) in [5.74, 6) is -0.173. The van der Waals surface area contributed by atoms with Crippen LogP contribution >= 0.6 is 7.82 Å². The molecule has 0 saturated heterocycles. The smallest absolute Gasteiger partial charge is 0.790 e. The number of fused-ring (bicyclic) bond motifs is 1. The number of carbonyl (C=O) groups is 1. The van der Waals surface area contributed by atoms with Crippen LogP contribution < -0.4 is 73.8 Å². The van der Waals surface area contributed by atoms with Crippen molar-refractivity contribution in [2.45, 2.75) is 26.6 Å². The van der Waals surface area contributed by atoms with E-state index in [2.05, 4.69) is 24.6 Å². The first-order valence-electron chi connectivity index (χ1n) is 11.0. The molecule has 0 aliphatic rings. The van der Waals surface area contributed by atoms with E-state index in [4.69, 9.17) is 0 Å². The van der Waals surface area contributed by atoms with Gasteiger partial charge in [-0.3, -0.25) is 9.48 Å². The number of pyridine rings is 1. The molecule has 0 aliphatic heterocycles. The Hall–Kier alpha value is -1.71. The molecule has 0 fully saturated rings. The van der Waals surface area contributed by atoms with E-state index in [1.54, 1.807) is 32.2 Å². The standard InChI is InChI=1S/C23H22F3N6O5P.2Na/c1-13-10-15(21-27-12-16-20(30-21)14(2)11-19(29-16)23(24,25)26)4-5-17(13)31(3)22(33)18-6-7-28-32(18)8-9-37-38(34,35)36;;/h4-7,10-12H,8-9H2,1-3H3,(H2,34,35,36);;/q;2*+1/p-2. The van der Waals surface area contributed by atoms with Gasteiger partial charge in [-0.05, 0) is 55.3 Å². The molecule has 0 spiro atoms. The molecule has 0 bridgehead atoms. The quantitative estimate of drug-likeness (QED) is 0.158. The van der Waals surface area contributed by atoms with Crippen LogP contribution in [0.25, 0.3) is 22.4 Å². The third-order valence-corrected chi connectivity index (χ3v) is 6.14. The number of hydrogen-bond donors (Lipinski definition) is 0. The number of carbonyl (C=O) groups excluding carboxylic acids is 1. The Morgan fingerprint density at radius 3 is 2.42 bits per heavy atom. The summed E-state index contributed by atoms with van der Waals surface area (Å²) < 4.78 is 55.3. The Balaban J connectivity index is 0.00000280. The summed E-state index contributed by atoms with van der Waals surface area (Å²) in [6, 6.07) is 7.46. The zero-order chi connectivity index (χ0) is 27.8. The van der Waals surface area contributed by atoms with E-state index in [1.165, 1.54) is 35.0 Å². The van der Waals surface area contributed by atoms with Gasteiger partial charge in [0.25, 0.3) is 5.91 Å². The van der Waals surface area contributed by atoms with Gasteiger partial charge >= 0.3 is 65.3 Å². The molecule has 11 nitrogen and oxygen atoms in total. The molecule has 17 heteroatoms. The second-order valence-electron chi connectivity index (χ2n) is 8.34. The van der Waals surface area contributed by atoms with Crippen LogP contribution in [0.2, 0.25) is 0 Å². The van der Waals surface area contributed by atoms with Gasteiger partial charge in [0, 0.05) is 24.5 Å². The topological polar surface area (TPSA) is 149 Å². The number of aromatic nitrogens is 5. The second kappa shape index (κ2) is 13.5. The van der Waals surface area contributed by atoms with Crippen LogP contribution in [0.1, 0.15) is 27.3 Å². The van der Waals surface area contributed by atoms with Crippen molar-refractivity contribution in [2.24, 2.45) is 0 Å². The third-order valence-electron chi connectivity index (χ3n) is 5.64. The Kier molecular flexibility index (Phi) is 11.6. The fourth-order valence-electron chi connectivity index (χ4n) is 3.85. The van der Waals surface area contributed by atoms with Crippen LogP contribution in [-0.4, -0.2) is 44.3 Å². The van der Waals surface area contributed by atoms with Gasteiger partial charge < -0.3 is 23.8 Å². The zero-order valence-corrected chi connectivity index (χ0v) is 27.2. The molecule has 0 atom stereocenters. The summed E-state index contributed by atoms with van der Waals surface area (Å²) in [6.07, 6.45) is -1.99. The van der Waals surface area contributed by atoms with E-state index in [-0.39, 0.29) is 82.7 Å². The Bertz CT molecular complexity index is 1580. The van der Waals surface area contributed by atoms with Crippen molar-refractivity contribution in [2.75, 3.05) is 18.6 Å². The van der Waals surface area contributed by atoms with Crippen molar-refractivity contribution in [3.63, 3.8) is 0 Å². The van der Waals surface area contributed by atoms with Gasteiger partial charge in [-0.25, -0.2) is 15.0 Å². The first kappa shape index (κ1) is 34.5. The Morgan fingerprint density at radius 2 is 1.80 bits per heavy atom. The first-order valence-corrected chi connectivity index (χ1v) is 12.5. The molecule has 4 rings (SSSR count). The molecule has 0 saturated carbocycles. The molecule has 0 N–H and O–H groups in total. The predicted molar refractivity (Wildman–Crippen MR) is 126 cm³/mol. The van der Waals surface area contributed by atoms with Crippen molar-refractivity contribution in [3.05, 3.63) is 65.2 Å². The summed E-state index contributed by atoms with van der Waals surface area (Å²) in [5, 5.41) is 3.97. The zero-order valence-electron chi connectivity index (χ0n) is 22.3. The number of halogens is 3. The monoisotopic (exact) mass is 594 g/mol. The van der Waals surface area contributed by atoms with Crippen LogP contribution in [-0.2, 0) is 21.8 Å². The molecule has 1 aromatic carbocycles. The normalized spacial score (nSPS) is 11.6. The summed E-state index contributed by atoms with van der Waals surface area (Å²) in [5.41, 5.74) is 1.55. The van der Waals surface area contributed by atoms with Crippen molar-refractivity contribution >= 4 is 30.5 Å². The van der Waals surface area contributed by atoms with Gasteiger partial charge in [0.1, 0.15) is 16.9 Å². The van der Waals surface area contributed by atoms with Gasteiger partial charge in [0.2, 0.25) is 0 Å². The molecule has 0 unspecified atom stereocenters. The number of amides is 1. The van der Waals surface area contributed by atoms with Crippen LogP contribution in [0.4, 0.5) is 18.9 Å². The number of anilines is 1. The van der Waals surface area contributed by atoms with E-state index in [0.717, 1.165) is 6.07 Å². The molecule has 1 amide bonds. The number of nitrogens with zero attached hydrogens (tertiary/aromatic N) is 6. The SMILES string of the molecule is Cc1cc(-c2ncc3nc(C(F)(F)F)cc(C)c3n2)ccc1N(C)C(=O)c1ccnn1CCOP(=O)([O-])[O-].[Na+].[Na+]. The Labute approximate surface area is 271 Å². The molecule has 0 aliphatic carbocycles. The maximum atomic E-state index is 13.1. The maximum Gasteiger partial charge on any atom is 1.00 e. The average Bonchev–Trinajstić information content (AvgIpc) is 3.30. The van der Waals surface area contributed by atoms with E-state index >= 15 is 0 Å². The van der Waals surface area contributed by atoms with Gasteiger partial charge in [-0.2, -0.15) is 18.3 Å². The van der Waals surface area contributed by atoms with Crippen LogP contribution in [0, 0.1) is 13.8 Å². The molecule has 200 valence electrons. The fourth-order valence-corrected chi connectivity index (χ4v) is 4.16. The molecule has 0 radical (unpaired) electrons. The van der Waals surface area contributed by atoms with E-state index in [1.807, 2.05) is 0 Å². The molecule has 4 aromatic rings. The van der Waals surface area contributed by atoms with E-state index in [0.29, 0.717) is 27.9 Å². The summed E-state index contributed by atoms with van der Waals surface area (Å²) >= 11 is 0. The van der Waals surface area contributed by atoms with E-state index < -0.39 is 32.2 Å². The van der Waals surface area contributed by atoms with Crippen molar-refractivity contribution in [1.82, 2.24) is 24.7 Å².